The molecule has 138 valence electrons. The van der Waals surface area contributed by atoms with E-state index in [-0.39, 0.29) is 0 Å². The summed E-state index contributed by atoms with van der Waals surface area (Å²) in [6, 6.07) is 11.9. The van der Waals surface area contributed by atoms with Gasteiger partial charge in [0.05, 0.1) is 10.0 Å². The average molecular weight is 408 g/mol. The van der Waals surface area contributed by atoms with Gasteiger partial charge in [0, 0.05) is 18.7 Å². The Kier molecular flexibility index (Phi) is 6.44. The number of ether oxygens (including phenoxy) is 1. The lowest BCUT2D eigenvalue weighted by Gasteiger charge is -2.32. The van der Waals surface area contributed by atoms with Crippen LogP contribution in [-0.2, 0) is 6.61 Å². The molecular formula is C21H23Cl2NOS. The smallest absolute Gasteiger partial charge is 0.157 e. The standard InChI is InChI=1S/C21H23Cl2NOS/c1-14-3-5-16(6-4-14)13-25-20-18(22)11-17(12-19(20)23)21(26)24-9-7-15(2)8-10-24/h3-6,11-12,15H,7-10,13H2,1-2H3. The van der Waals surface area contributed by atoms with Crippen molar-refractivity contribution in [2.24, 2.45) is 5.92 Å². The molecule has 0 aliphatic carbocycles. The Hall–Kier alpha value is -1.29. The van der Waals surface area contributed by atoms with Gasteiger partial charge in [-0.05, 0) is 43.4 Å². The Labute approximate surface area is 171 Å². The van der Waals surface area contributed by atoms with Gasteiger partial charge in [-0.25, -0.2) is 0 Å². The zero-order valence-corrected chi connectivity index (χ0v) is 17.4. The molecule has 1 saturated heterocycles. The van der Waals surface area contributed by atoms with Crippen LogP contribution in [0.4, 0.5) is 0 Å². The lowest BCUT2D eigenvalue weighted by molar-refractivity contribution is 0.284. The summed E-state index contributed by atoms with van der Waals surface area (Å²) >= 11 is 18.6. The molecule has 1 heterocycles. The molecule has 26 heavy (non-hydrogen) atoms. The summed E-state index contributed by atoms with van der Waals surface area (Å²) in [6.07, 6.45) is 2.33. The number of halogens is 2. The monoisotopic (exact) mass is 407 g/mol. The highest BCUT2D eigenvalue weighted by atomic mass is 35.5. The Morgan fingerprint density at radius 1 is 1.12 bits per heavy atom. The van der Waals surface area contributed by atoms with Gasteiger partial charge in [-0.15, -0.1) is 0 Å². The molecule has 2 aromatic carbocycles. The first-order valence-electron chi connectivity index (χ1n) is 8.90. The van der Waals surface area contributed by atoms with Crippen molar-refractivity contribution in [3.63, 3.8) is 0 Å². The molecule has 0 radical (unpaired) electrons. The van der Waals surface area contributed by atoms with Crippen molar-refractivity contribution >= 4 is 40.4 Å². The zero-order valence-electron chi connectivity index (χ0n) is 15.1. The van der Waals surface area contributed by atoms with E-state index in [0.29, 0.717) is 22.4 Å². The van der Waals surface area contributed by atoms with Crippen LogP contribution in [0.2, 0.25) is 10.0 Å². The van der Waals surface area contributed by atoms with Crippen molar-refractivity contribution in [1.82, 2.24) is 4.90 Å². The van der Waals surface area contributed by atoms with Crippen molar-refractivity contribution < 1.29 is 4.74 Å². The Morgan fingerprint density at radius 3 is 2.27 bits per heavy atom. The maximum absolute atomic E-state index is 6.44. The van der Waals surface area contributed by atoms with Crippen LogP contribution in [0.5, 0.6) is 5.75 Å². The highest BCUT2D eigenvalue weighted by Gasteiger charge is 2.20. The third kappa shape index (κ3) is 4.70. The van der Waals surface area contributed by atoms with E-state index < -0.39 is 0 Å². The molecule has 5 heteroatoms. The second-order valence-corrected chi connectivity index (χ2v) is 8.22. The third-order valence-electron chi connectivity index (χ3n) is 4.82. The summed E-state index contributed by atoms with van der Waals surface area (Å²) < 4.78 is 5.87. The first-order valence-corrected chi connectivity index (χ1v) is 10.1. The van der Waals surface area contributed by atoms with Crippen molar-refractivity contribution in [3.05, 3.63) is 63.1 Å². The van der Waals surface area contributed by atoms with Crippen molar-refractivity contribution in [3.8, 4) is 5.75 Å². The van der Waals surface area contributed by atoms with Crippen LogP contribution in [0.25, 0.3) is 0 Å². The number of hydrogen-bond acceptors (Lipinski definition) is 2. The summed E-state index contributed by atoms with van der Waals surface area (Å²) in [4.78, 5) is 3.05. The van der Waals surface area contributed by atoms with Crippen molar-refractivity contribution in [2.45, 2.75) is 33.3 Å². The number of hydrogen-bond donors (Lipinski definition) is 0. The number of aryl methyl sites for hydroxylation is 1. The maximum atomic E-state index is 6.44. The second kappa shape index (κ2) is 8.60. The van der Waals surface area contributed by atoms with E-state index in [4.69, 9.17) is 40.2 Å². The molecule has 0 bridgehead atoms. The quantitative estimate of drug-likeness (QED) is 0.552. The van der Waals surface area contributed by atoms with Gasteiger partial charge >= 0.3 is 0 Å². The molecule has 2 aromatic rings. The zero-order chi connectivity index (χ0) is 18.7. The number of nitrogens with zero attached hydrogens (tertiary/aromatic N) is 1. The van der Waals surface area contributed by atoms with Crippen LogP contribution in [0, 0.1) is 12.8 Å². The largest absolute Gasteiger partial charge is 0.486 e. The molecule has 0 N–H and O–H groups in total. The van der Waals surface area contributed by atoms with Crippen LogP contribution >= 0.6 is 35.4 Å². The third-order valence-corrected chi connectivity index (χ3v) is 5.88. The van der Waals surface area contributed by atoms with E-state index in [9.17, 15) is 0 Å². The highest BCUT2D eigenvalue weighted by Crippen LogP contribution is 2.35. The predicted molar refractivity (Wildman–Crippen MR) is 114 cm³/mol. The molecule has 2 nitrogen and oxygen atoms in total. The van der Waals surface area contributed by atoms with Crippen LogP contribution in [0.15, 0.2) is 36.4 Å². The number of rotatable bonds is 4. The van der Waals surface area contributed by atoms with Crippen LogP contribution in [0.3, 0.4) is 0 Å². The predicted octanol–water partition coefficient (Wildman–Crippen LogP) is 6.29. The first kappa shape index (κ1) is 19.5. The fourth-order valence-corrected chi connectivity index (χ4v) is 3.95. The van der Waals surface area contributed by atoms with E-state index >= 15 is 0 Å². The van der Waals surface area contributed by atoms with Gasteiger partial charge in [0.15, 0.2) is 5.75 Å². The van der Waals surface area contributed by atoms with Crippen LogP contribution in [-0.4, -0.2) is 23.0 Å². The molecule has 0 saturated carbocycles. The minimum atomic E-state index is 0.424. The molecule has 1 aliphatic heterocycles. The Balaban J connectivity index is 1.71. The normalized spacial score (nSPS) is 15.2. The summed E-state index contributed by atoms with van der Waals surface area (Å²) in [5.74, 6) is 1.27. The molecule has 0 amide bonds. The van der Waals surface area contributed by atoms with Gasteiger partial charge in [0.25, 0.3) is 0 Å². The van der Waals surface area contributed by atoms with Gasteiger partial charge in [-0.2, -0.15) is 0 Å². The minimum absolute atomic E-state index is 0.424. The summed E-state index contributed by atoms with van der Waals surface area (Å²) in [5.41, 5.74) is 3.17. The van der Waals surface area contributed by atoms with E-state index in [2.05, 4.69) is 30.9 Å². The molecule has 1 aliphatic rings. The fraction of sp³-hybridized carbons (Fsp3) is 0.381. The van der Waals surface area contributed by atoms with Gasteiger partial charge in [0.1, 0.15) is 11.6 Å². The summed E-state index contributed by atoms with van der Waals surface area (Å²) in [6.45, 7) is 6.74. The fourth-order valence-electron chi connectivity index (χ4n) is 3.06. The molecule has 0 atom stereocenters. The number of piperidine rings is 1. The van der Waals surface area contributed by atoms with Gasteiger partial charge in [0.2, 0.25) is 0 Å². The van der Waals surface area contributed by atoms with Crippen LogP contribution < -0.4 is 4.74 Å². The second-order valence-electron chi connectivity index (χ2n) is 7.02. The average Bonchev–Trinajstić information content (AvgIpc) is 2.62. The maximum Gasteiger partial charge on any atom is 0.157 e. The SMILES string of the molecule is Cc1ccc(COc2c(Cl)cc(C(=S)N3CCC(C)CC3)cc2Cl)cc1. The summed E-state index contributed by atoms with van der Waals surface area (Å²) in [5, 5.41) is 0.986. The molecule has 0 aromatic heterocycles. The van der Waals surface area contributed by atoms with Crippen LogP contribution in [0.1, 0.15) is 36.5 Å². The Morgan fingerprint density at radius 2 is 1.69 bits per heavy atom. The molecule has 0 spiro atoms. The molecule has 3 rings (SSSR count). The molecule has 1 fully saturated rings. The van der Waals surface area contributed by atoms with Gasteiger partial charge in [-0.3, -0.25) is 0 Å². The van der Waals surface area contributed by atoms with Crippen molar-refractivity contribution in [1.29, 1.82) is 0 Å². The van der Waals surface area contributed by atoms with E-state index in [1.165, 1.54) is 18.4 Å². The first-order chi connectivity index (χ1) is 12.4. The van der Waals surface area contributed by atoms with E-state index in [1.807, 2.05) is 24.3 Å². The number of likely N-dealkylation sites (tertiary alicyclic amines) is 1. The summed E-state index contributed by atoms with van der Waals surface area (Å²) in [7, 11) is 0. The van der Waals surface area contributed by atoms with Crippen molar-refractivity contribution in [2.75, 3.05) is 13.1 Å². The Bertz CT molecular complexity index is 760. The van der Waals surface area contributed by atoms with Gasteiger partial charge in [-0.1, -0.05) is 72.2 Å². The number of thiocarbonyl (C=S) groups is 1. The highest BCUT2D eigenvalue weighted by molar-refractivity contribution is 7.80. The topological polar surface area (TPSA) is 12.5 Å². The van der Waals surface area contributed by atoms with E-state index in [0.717, 1.165) is 35.1 Å². The lowest BCUT2D eigenvalue weighted by Crippen LogP contribution is -2.37. The number of benzene rings is 2. The molecular weight excluding hydrogens is 385 g/mol. The lowest BCUT2D eigenvalue weighted by atomic mass is 9.99. The minimum Gasteiger partial charge on any atom is -0.486 e. The van der Waals surface area contributed by atoms with Gasteiger partial charge < -0.3 is 9.64 Å². The van der Waals surface area contributed by atoms with E-state index in [1.54, 1.807) is 0 Å². The molecule has 0 unspecified atom stereocenters.